The Morgan fingerprint density at radius 2 is 1.75 bits per heavy atom. The van der Waals surface area contributed by atoms with Crippen LogP contribution in [0.3, 0.4) is 0 Å². The Balaban J connectivity index is 2.08. The van der Waals surface area contributed by atoms with Crippen LogP contribution in [-0.2, 0) is 11.3 Å². The summed E-state index contributed by atoms with van der Waals surface area (Å²) >= 11 is 0.785. The van der Waals surface area contributed by atoms with Crippen LogP contribution >= 0.6 is 11.5 Å². The number of rotatable bonds is 11. The number of aromatic nitrogens is 1. The summed E-state index contributed by atoms with van der Waals surface area (Å²) in [7, 11) is 1.55. The van der Waals surface area contributed by atoms with Gasteiger partial charge in [-0.2, -0.15) is 4.37 Å². The molecular weight excluding hydrogens is 478 g/mol. The normalized spacial score (nSPS) is 11.7. The number of hydrogen-bond acceptors (Lipinski definition) is 7. The van der Waals surface area contributed by atoms with Gasteiger partial charge >= 0.3 is 0 Å². The third-order valence-electron chi connectivity index (χ3n) is 5.62. The van der Waals surface area contributed by atoms with Crippen molar-refractivity contribution in [2.24, 2.45) is 11.7 Å². The fourth-order valence-electron chi connectivity index (χ4n) is 3.66. The second-order valence-electron chi connectivity index (χ2n) is 8.71. The van der Waals surface area contributed by atoms with Crippen LogP contribution in [0.1, 0.15) is 57.6 Å². The van der Waals surface area contributed by atoms with Crippen molar-refractivity contribution in [1.82, 2.24) is 14.6 Å². The van der Waals surface area contributed by atoms with E-state index < -0.39 is 17.9 Å². The molecule has 0 fully saturated rings. The molecule has 0 radical (unpaired) electrons. The Morgan fingerprint density at radius 1 is 1.08 bits per heavy atom. The molecule has 1 heterocycles. The van der Waals surface area contributed by atoms with Crippen molar-refractivity contribution in [1.29, 1.82) is 0 Å². The van der Waals surface area contributed by atoms with Crippen LogP contribution in [0.4, 0.5) is 5.69 Å². The van der Waals surface area contributed by atoms with Crippen LogP contribution in [0, 0.1) is 5.92 Å². The Labute approximate surface area is 214 Å². The summed E-state index contributed by atoms with van der Waals surface area (Å²) in [6.07, 6.45) is 0.789. The molecule has 0 aliphatic rings. The summed E-state index contributed by atoms with van der Waals surface area (Å²) in [5.41, 5.74) is 12.6. The SMILES string of the molecule is COc1ccc(C(C(=O)NCCC(C)C)N(Cc2ccccc2)C(=O)c2snc(C(N)=O)c2N)cc1. The molecule has 9 nitrogen and oxygen atoms in total. The minimum Gasteiger partial charge on any atom is -0.497 e. The fraction of sp³-hybridized carbons (Fsp3) is 0.308. The van der Waals surface area contributed by atoms with Crippen molar-refractivity contribution in [2.75, 3.05) is 19.4 Å². The number of methoxy groups -OCH3 is 1. The second kappa shape index (κ2) is 12.2. The first-order chi connectivity index (χ1) is 17.2. The molecule has 3 aromatic rings. The summed E-state index contributed by atoms with van der Waals surface area (Å²) in [5, 5.41) is 2.97. The monoisotopic (exact) mass is 509 g/mol. The quantitative estimate of drug-likeness (QED) is 0.362. The Hall–Kier alpha value is -3.92. The van der Waals surface area contributed by atoms with Gasteiger partial charge in [-0.15, -0.1) is 0 Å². The van der Waals surface area contributed by atoms with E-state index in [2.05, 4.69) is 23.5 Å². The molecule has 1 aromatic heterocycles. The third-order valence-corrected chi connectivity index (χ3v) is 6.48. The number of carbonyl (C=O) groups excluding carboxylic acids is 3. The van der Waals surface area contributed by atoms with Gasteiger partial charge in [-0.3, -0.25) is 14.4 Å². The molecule has 36 heavy (non-hydrogen) atoms. The van der Waals surface area contributed by atoms with Gasteiger partial charge in [0, 0.05) is 13.1 Å². The number of nitrogens with two attached hydrogens (primary N) is 2. The maximum absolute atomic E-state index is 13.9. The maximum atomic E-state index is 13.9. The summed E-state index contributed by atoms with van der Waals surface area (Å²) in [5.74, 6) is -0.660. The molecule has 2 aromatic carbocycles. The highest BCUT2D eigenvalue weighted by atomic mass is 32.1. The van der Waals surface area contributed by atoms with Gasteiger partial charge in [-0.05, 0) is 47.1 Å². The van der Waals surface area contributed by atoms with Crippen molar-refractivity contribution in [3.63, 3.8) is 0 Å². The van der Waals surface area contributed by atoms with Gasteiger partial charge in [0.15, 0.2) is 5.69 Å². The molecule has 3 amide bonds. The van der Waals surface area contributed by atoms with Gasteiger partial charge in [0.2, 0.25) is 5.91 Å². The molecule has 1 atom stereocenters. The van der Waals surface area contributed by atoms with Crippen LogP contribution < -0.4 is 21.5 Å². The van der Waals surface area contributed by atoms with Gasteiger partial charge < -0.3 is 26.4 Å². The highest BCUT2D eigenvalue weighted by Crippen LogP contribution is 2.31. The number of nitrogens with zero attached hydrogens (tertiary/aromatic N) is 2. The van der Waals surface area contributed by atoms with Gasteiger partial charge in [0.25, 0.3) is 11.8 Å². The van der Waals surface area contributed by atoms with Crippen LogP contribution in [0.15, 0.2) is 54.6 Å². The van der Waals surface area contributed by atoms with E-state index in [-0.39, 0.29) is 28.7 Å². The van der Waals surface area contributed by atoms with Crippen molar-refractivity contribution in [3.05, 3.63) is 76.3 Å². The predicted molar refractivity (Wildman–Crippen MR) is 140 cm³/mol. The zero-order valence-electron chi connectivity index (χ0n) is 20.6. The molecule has 190 valence electrons. The van der Waals surface area contributed by atoms with Crippen LogP contribution in [-0.4, -0.2) is 40.6 Å². The maximum Gasteiger partial charge on any atom is 0.270 e. The van der Waals surface area contributed by atoms with Crippen LogP contribution in [0.25, 0.3) is 0 Å². The minimum atomic E-state index is -0.977. The fourth-order valence-corrected chi connectivity index (χ4v) is 4.42. The molecule has 0 saturated heterocycles. The highest BCUT2D eigenvalue weighted by Gasteiger charge is 2.35. The van der Waals surface area contributed by atoms with E-state index in [0.717, 1.165) is 23.5 Å². The molecule has 10 heteroatoms. The second-order valence-corrected chi connectivity index (χ2v) is 9.48. The average Bonchev–Trinajstić information content (AvgIpc) is 3.25. The molecule has 0 spiro atoms. The van der Waals surface area contributed by atoms with E-state index in [0.29, 0.717) is 23.8 Å². The number of ether oxygens (including phenoxy) is 1. The smallest absolute Gasteiger partial charge is 0.270 e. The van der Waals surface area contributed by atoms with Gasteiger partial charge in [0.05, 0.1) is 12.8 Å². The Bertz CT molecular complexity index is 1190. The minimum absolute atomic E-state index is 0.0493. The highest BCUT2D eigenvalue weighted by molar-refractivity contribution is 7.09. The van der Waals surface area contributed by atoms with Gasteiger partial charge in [-0.25, -0.2) is 0 Å². The lowest BCUT2D eigenvalue weighted by atomic mass is 10.0. The van der Waals surface area contributed by atoms with E-state index in [1.54, 1.807) is 31.4 Å². The number of anilines is 1. The molecule has 1 unspecified atom stereocenters. The first-order valence-electron chi connectivity index (χ1n) is 11.5. The number of nitrogens with one attached hydrogen (secondary N) is 1. The standard InChI is InChI=1S/C26H31N5O4S/c1-16(2)13-14-29-25(33)22(18-9-11-19(35-3)12-10-18)31(15-17-7-5-4-6-8-17)26(34)23-20(27)21(24(28)32)30-36-23/h4-12,16,22H,13-15,27H2,1-3H3,(H2,28,32)(H,29,33). The first-order valence-corrected chi connectivity index (χ1v) is 12.3. The van der Waals surface area contributed by atoms with E-state index in [1.807, 2.05) is 30.3 Å². The van der Waals surface area contributed by atoms with Crippen molar-refractivity contribution in [3.8, 4) is 5.75 Å². The summed E-state index contributed by atoms with van der Waals surface area (Å²) < 4.78 is 9.24. The first kappa shape index (κ1) is 26.7. The van der Waals surface area contributed by atoms with Crippen molar-refractivity contribution < 1.29 is 19.1 Å². The average molecular weight is 510 g/mol. The molecule has 3 rings (SSSR count). The number of hydrogen-bond donors (Lipinski definition) is 3. The number of nitrogen functional groups attached to an aromatic ring is 1. The number of carbonyl (C=O) groups is 3. The largest absolute Gasteiger partial charge is 0.497 e. The lowest BCUT2D eigenvalue weighted by Gasteiger charge is -2.31. The Morgan fingerprint density at radius 3 is 2.31 bits per heavy atom. The summed E-state index contributed by atoms with van der Waals surface area (Å²) in [6.45, 7) is 4.73. The molecule has 0 aliphatic carbocycles. The molecule has 0 bridgehead atoms. The number of amides is 3. The molecule has 0 saturated carbocycles. The molecular formula is C26H31N5O4S. The zero-order valence-corrected chi connectivity index (χ0v) is 21.4. The van der Waals surface area contributed by atoms with Crippen molar-refractivity contribution >= 4 is 34.9 Å². The van der Waals surface area contributed by atoms with E-state index in [4.69, 9.17) is 16.2 Å². The Kier molecular flexibility index (Phi) is 9.02. The van der Waals surface area contributed by atoms with E-state index >= 15 is 0 Å². The number of benzene rings is 2. The number of primary amides is 1. The third kappa shape index (κ3) is 6.39. The topological polar surface area (TPSA) is 141 Å². The van der Waals surface area contributed by atoms with E-state index in [9.17, 15) is 14.4 Å². The predicted octanol–water partition coefficient (Wildman–Crippen LogP) is 3.38. The summed E-state index contributed by atoms with van der Waals surface area (Å²) in [4.78, 5) is 40.7. The van der Waals surface area contributed by atoms with E-state index in [1.165, 1.54) is 4.90 Å². The van der Waals surface area contributed by atoms with Crippen molar-refractivity contribution in [2.45, 2.75) is 32.9 Å². The van der Waals surface area contributed by atoms with Crippen LogP contribution in [0.5, 0.6) is 5.75 Å². The lowest BCUT2D eigenvalue weighted by molar-refractivity contribution is -0.126. The zero-order chi connectivity index (χ0) is 26.2. The van der Waals surface area contributed by atoms with Gasteiger partial charge in [0.1, 0.15) is 16.7 Å². The summed E-state index contributed by atoms with van der Waals surface area (Å²) in [6, 6.07) is 15.3. The molecule has 5 N–H and O–H groups in total. The van der Waals surface area contributed by atoms with Gasteiger partial charge in [-0.1, -0.05) is 56.3 Å². The molecule has 0 aliphatic heterocycles. The lowest BCUT2D eigenvalue weighted by Crippen LogP contribution is -2.43. The van der Waals surface area contributed by atoms with Crippen LogP contribution in [0.2, 0.25) is 0 Å².